The lowest BCUT2D eigenvalue weighted by Gasteiger charge is -2.28. The highest BCUT2D eigenvalue weighted by atomic mass is 32.1. The third-order valence-electron chi connectivity index (χ3n) is 6.34. The van der Waals surface area contributed by atoms with Gasteiger partial charge in [0.1, 0.15) is 16.5 Å². The molecule has 2 aliphatic rings. The number of morpholine rings is 1. The Balaban J connectivity index is 1.34. The number of nitrogens with one attached hydrogen (secondary N) is 1. The van der Waals surface area contributed by atoms with Crippen LogP contribution in [0.15, 0.2) is 42.9 Å². The molecule has 7 nitrogen and oxygen atoms in total. The van der Waals surface area contributed by atoms with Crippen molar-refractivity contribution in [2.24, 2.45) is 0 Å². The molecule has 0 unspecified atom stereocenters. The number of rotatable bonds is 5. The second-order valence-electron chi connectivity index (χ2n) is 8.50. The molecule has 1 aliphatic carbocycles. The number of aryl methyl sites for hydroxylation is 2. The number of thiophene rings is 1. The minimum absolute atomic E-state index is 0.684. The Morgan fingerprint density at radius 2 is 1.97 bits per heavy atom. The van der Waals surface area contributed by atoms with Crippen LogP contribution in [0.25, 0.3) is 21.6 Å². The first-order chi connectivity index (χ1) is 16.3. The summed E-state index contributed by atoms with van der Waals surface area (Å²) in [5.41, 5.74) is 3.56. The summed E-state index contributed by atoms with van der Waals surface area (Å²) < 4.78 is 5.48. The quantitative estimate of drug-likeness (QED) is 0.473. The topological polar surface area (TPSA) is 76.1 Å². The lowest BCUT2D eigenvalue weighted by atomic mass is 9.97. The molecule has 0 amide bonds. The van der Waals surface area contributed by atoms with E-state index < -0.39 is 0 Å². The van der Waals surface area contributed by atoms with Crippen LogP contribution in [0.4, 0.5) is 11.6 Å². The van der Waals surface area contributed by atoms with Gasteiger partial charge < -0.3 is 15.0 Å². The molecular formula is C25H26N6OS. The van der Waals surface area contributed by atoms with E-state index in [9.17, 15) is 0 Å². The molecule has 1 saturated heterocycles. The van der Waals surface area contributed by atoms with Crippen LogP contribution < -0.4 is 10.2 Å². The van der Waals surface area contributed by atoms with Crippen molar-refractivity contribution in [1.82, 2.24) is 19.9 Å². The van der Waals surface area contributed by atoms with E-state index in [4.69, 9.17) is 14.7 Å². The Hall–Kier alpha value is -3.10. The van der Waals surface area contributed by atoms with Gasteiger partial charge in [-0.05, 0) is 61.1 Å². The van der Waals surface area contributed by atoms with E-state index in [2.05, 4.69) is 32.3 Å². The molecule has 0 saturated carbocycles. The van der Waals surface area contributed by atoms with E-state index >= 15 is 0 Å². The first kappa shape index (κ1) is 20.5. The van der Waals surface area contributed by atoms with Crippen molar-refractivity contribution in [2.75, 3.05) is 36.5 Å². The molecule has 1 fully saturated rings. The van der Waals surface area contributed by atoms with Gasteiger partial charge in [-0.1, -0.05) is 0 Å². The summed E-state index contributed by atoms with van der Waals surface area (Å²) in [4.78, 5) is 23.6. The van der Waals surface area contributed by atoms with E-state index in [0.29, 0.717) is 6.54 Å². The van der Waals surface area contributed by atoms with Crippen molar-refractivity contribution < 1.29 is 4.74 Å². The van der Waals surface area contributed by atoms with Gasteiger partial charge in [-0.2, -0.15) is 0 Å². The van der Waals surface area contributed by atoms with E-state index in [1.54, 1.807) is 6.20 Å². The van der Waals surface area contributed by atoms with Crippen LogP contribution in [0, 0.1) is 0 Å². The lowest BCUT2D eigenvalue weighted by Crippen LogP contribution is -2.36. The van der Waals surface area contributed by atoms with Gasteiger partial charge in [0.2, 0.25) is 0 Å². The molecule has 4 aromatic rings. The Morgan fingerprint density at radius 3 is 2.85 bits per heavy atom. The second kappa shape index (κ2) is 9.03. The molecule has 0 radical (unpaired) electrons. The molecule has 4 aromatic heterocycles. The van der Waals surface area contributed by atoms with Crippen molar-refractivity contribution in [2.45, 2.75) is 32.2 Å². The zero-order valence-corrected chi connectivity index (χ0v) is 19.3. The monoisotopic (exact) mass is 458 g/mol. The third-order valence-corrected chi connectivity index (χ3v) is 7.53. The average Bonchev–Trinajstić information content (AvgIpc) is 3.27. The van der Waals surface area contributed by atoms with Crippen LogP contribution in [0.2, 0.25) is 0 Å². The van der Waals surface area contributed by atoms with Crippen LogP contribution in [-0.4, -0.2) is 46.2 Å². The van der Waals surface area contributed by atoms with Crippen molar-refractivity contribution >= 4 is 33.2 Å². The van der Waals surface area contributed by atoms with Gasteiger partial charge in [-0.25, -0.2) is 15.0 Å². The van der Waals surface area contributed by atoms with E-state index in [1.165, 1.54) is 34.2 Å². The molecule has 0 aromatic carbocycles. The maximum absolute atomic E-state index is 5.48. The summed E-state index contributed by atoms with van der Waals surface area (Å²) in [7, 11) is 0. The van der Waals surface area contributed by atoms with Crippen molar-refractivity contribution in [3.8, 4) is 11.4 Å². The molecule has 0 bridgehead atoms. The molecule has 33 heavy (non-hydrogen) atoms. The molecule has 0 atom stereocenters. The highest BCUT2D eigenvalue weighted by molar-refractivity contribution is 7.19. The minimum Gasteiger partial charge on any atom is -0.378 e. The maximum atomic E-state index is 5.48. The van der Waals surface area contributed by atoms with Gasteiger partial charge in [0.25, 0.3) is 0 Å². The van der Waals surface area contributed by atoms with E-state index in [1.807, 2.05) is 35.9 Å². The highest BCUT2D eigenvalue weighted by Crippen LogP contribution is 2.39. The third kappa shape index (κ3) is 4.16. The van der Waals surface area contributed by atoms with Crippen molar-refractivity contribution in [3.05, 3.63) is 58.9 Å². The number of aromatic nitrogens is 4. The molecule has 1 N–H and O–H groups in total. The molecule has 8 heteroatoms. The van der Waals surface area contributed by atoms with Crippen molar-refractivity contribution in [3.63, 3.8) is 0 Å². The molecule has 168 valence electrons. The van der Waals surface area contributed by atoms with E-state index in [0.717, 1.165) is 67.0 Å². The molecule has 5 heterocycles. The fraction of sp³-hybridized carbons (Fsp3) is 0.360. The normalized spacial score (nSPS) is 16.1. The summed E-state index contributed by atoms with van der Waals surface area (Å²) in [6.07, 6.45) is 10.2. The highest BCUT2D eigenvalue weighted by Gasteiger charge is 2.22. The number of anilines is 2. The first-order valence-electron chi connectivity index (χ1n) is 11.6. The van der Waals surface area contributed by atoms with E-state index in [-0.39, 0.29) is 0 Å². The number of ether oxygens (including phenoxy) is 1. The van der Waals surface area contributed by atoms with Gasteiger partial charge in [0, 0.05) is 48.7 Å². The van der Waals surface area contributed by atoms with Crippen LogP contribution >= 0.6 is 11.3 Å². The van der Waals surface area contributed by atoms with Gasteiger partial charge >= 0.3 is 0 Å². The minimum atomic E-state index is 0.684. The van der Waals surface area contributed by atoms with Gasteiger partial charge in [0.05, 0.1) is 18.6 Å². The largest absolute Gasteiger partial charge is 0.378 e. The summed E-state index contributed by atoms with van der Waals surface area (Å²) in [5.74, 6) is 2.65. The Morgan fingerprint density at radius 1 is 1.06 bits per heavy atom. The zero-order chi connectivity index (χ0) is 22.0. The number of hydrogen-bond donors (Lipinski definition) is 1. The summed E-state index contributed by atoms with van der Waals surface area (Å²) in [5, 5.41) is 4.84. The lowest BCUT2D eigenvalue weighted by molar-refractivity contribution is 0.122. The smallest absolute Gasteiger partial charge is 0.164 e. The average molecular weight is 459 g/mol. The predicted octanol–water partition coefficient (Wildman–Crippen LogP) is 4.48. The summed E-state index contributed by atoms with van der Waals surface area (Å²) >= 11 is 1.83. The van der Waals surface area contributed by atoms with Gasteiger partial charge in [-0.3, -0.25) is 4.98 Å². The van der Waals surface area contributed by atoms with Gasteiger partial charge in [-0.15, -0.1) is 11.3 Å². The first-order valence-corrected chi connectivity index (χ1v) is 12.4. The molecule has 1 aliphatic heterocycles. The Labute approximate surface area is 196 Å². The molecule has 6 rings (SSSR count). The second-order valence-corrected chi connectivity index (χ2v) is 9.59. The standard InChI is InChI=1S/C25H26N6OS/c1-2-6-20-19(5-1)22-24(29-23(30-25(22)33-20)18-4-3-8-26-16-18)28-15-17-7-9-27-21(14-17)31-10-12-32-13-11-31/h3-4,7-9,14,16H,1-2,5-6,10-13,15H2,(H,28,29,30). The zero-order valence-electron chi connectivity index (χ0n) is 18.5. The summed E-state index contributed by atoms with van der Waals surface area (Å²) in [6, 6.07) is 8.19. The number of fused-ring (bicyclic) bond motifs is 3. The molecule has 0 spiro atoms. The maximum Gasteiger partial charge on any atom is 0.164 e. The van der Waals surface area contributed by atoms with Crippen molar-refractivity contribution in [1.29, 1.82) is 0 Å². The van der Waals surface area contributed by atoms with Crippen LogP contribution in [0.1, 0.15) is 28.8 Å². The number of nitrogens with zero attached hydrogens (tertiary/aromatic N) is 5. The van der Waals surface area contributed by atoms with Crippen LogP contribution in [0.3, 0.4) is 0 Å². The van der Waals surface area contributed by atoms with Gasteiger partial charge in [0.15, 0.2) is 5.82 Å². The summed E-state index contributed by atoms with van der Waals surface area (Å²) in [6.45, 7) is 3.95. The van der Waals surface area contributed by atoms with Crippen LogP contribution in [0.5, 0.6) is 0 Å². The molecular weight excluding hydrogens is 432 g/mol. The van der Waals surface area contributed by atoms with Crippen LogP contribution in [-0.2, 0) is 24.1 Å². The predicted molar refractivity (Wildman–Crippen MR) is 132 cm³/mol. The fourth-order valence-corrected chi connectivity index (χ4v) is 5.89. The number of hydrogen-bond acceptors (Lipinski definition) is 8. The Bertz CT molecular complexity index is 1270. The SMILES string of the molecule is c1cncc(-c2nc(NCc3ccnc(N4CCOCC4)c3)c3c4c(sc3n2)CCCC4)c1. The number of pyridine rings is 2. The Kier molecular flexibility index (Phi) is 5.61. The fourth-order valence-electron chi connectivity index (χ4n) is 4.63.